The van der Waals surface area contributed by atoms with Crippen LogP contribution in [0.3, 0.4) is 0 Å². The molecule has 60 valence electrons. The molecule has 2 nitrogen and oxygen atoms in total. The van der Waals surface area contributed by atoms with Crippen LogP contribution in [0.5, 0.6) is 0 Å². The second-order valence-corrected chi connectivity index (χ2v) is 3.31. The van der Waals surface area contributed by atoms with E-state index in [4.69, 9.17) is 0 Å². The van der Waals surface area contributed by atoms with Gasteiger partial charge in [0.25, 0.3) is 0 Å². The predicted octanol–water partition coefficient (Wildman–Crippen LogP) is 0.595. The molecule has 0 aromatic rings. The third kappa shape index (κ3) is 1.96. The minimum atomic E-state index is 0.630. The average molecular weight is 142 g/mol. The molecule has 1 aliphatic carbocycles. The minimum absolute atomic E-state index is 0.630. The molecule has 0 saturated heterocycles. The number of rotatable bonds is 5. The Kier molecular flexibility index (Phi) is 2.69. The van der Waals surface area contributed by atoms with E-state index in [1.54, 1.807) is 0 Å². The van der Waals surface area contributed by atoms with Crippen molar-refractivity contribution in [3.05, 3.63) is 0 Å². The second-order valence-electron chi connectivity index (χ2n) is 3.31. The van der Waals surface area contributed by atoms with Crippen molar-refractivity contribution in [1.82, 2.24) is 10.6 Å². The topological polar surface area (TPSA) is 24.1 Å². The maximum absolute atomic E-state index is 3.40. The Bertz CT molecular complexity index is 97.4. The second kappa shape index (κ2) is 3.35. The van der Waals surface area contributed by atoms with Crippen molar-refractivity contribution in [1.29, 1.82) is 0 Å². The van der Waals surface area contributed by atoms with Crippen molar-refractivity contribution >= 4 is 0 Å². The van der Waals surface area contributed by atoms with Gasteiger partial charge in [0, 0.05) is 13.1 Å². The van der Waals surface area contributed by atoms with Crippen molar-refractivity contribution in [3.8, 4) is 0 Å². The summed E-state index contributed by atoms with van der Waals surface area (Å²) in [5.41, 5.74) is 0.630. The van der Waals surface area contributed by atoms with Crippen molar-refractivity contribution in [2.75, 3.05) is 26.7 Å². The molecule has 0 aromatic heterocycles. The third-order valence-electron chi connectivity index (χ3n) is 2.26. The molecular formula is C8H18N2. The molecule has 0 radical (unpaired) electrons. The van der Waals surface area contributed by atoms with Gasteiger partial charge in [0.1, 0.15) is 0 Å². The molecule has 2 heteroatoms. The molecule has 0 bridgehead atoms. The normalized spacial score (nSPS) is 21.0. The highest BCUT2D eigenvalue weighted by atomic mass is 14.9. The van der Waals surface area contributed by atoms with Crippen LogP contribution >= 0.6 is 0 Å². The molecule has 2 N–H and O–H groups in total. The fourth-order valence-corrected chi connectivity index (χ4v) is 1.36. The van der Waals surface area contributed by atoms with E-state index >= 15 is 0 Å². The first kappa shape index (κ1) is 8.02. The zero-order valence-corrected chi connectivity index (χ0v) is 7.04. The SMILES string of the molecule is CCNCC1(CNC)CC1. The van der Waals surface area contributed by atoms with Gasteiger partial charge in [0.15, 0.2) is 0 Å². The lowest BCUT2D eigenvalue weighted by molar-refractivity contribution is 0.445. The van der Waals surface area contributed by atoms with Gasteiger partial charge in [-0.1, -0.05) is 6.92 Å². The van der Waals surface area contributed by atoms with Crippen LogP contribution < -0.4 is 10.6 Å². The first-order chi connectivity index (χ1) is 4.83. The number of nitrogens with one attached hydrogen (secondary N) is 2. The van der Waals surface area contributed by atoms with Crippen LogP contribution in [0, 0.1) is 5.41 Å². The van der Waals surface area contributed by atoms with Crippen LogP contribution in [0.1, 0.15) is 19.8 Å². The van der Waals surface area contributed by atoms with E-state index in [2.05, 4.69) is 17.6 Å². The van der Waals surface area contributed by atoms with Gasteiger partial charge in [-0.3, -0.25) is 0 Å². The summed E-state index contributed by atoms with van der Waals surface area (Å²) in [7, 11) is 2.03. The van der Waals surface area contributed by atoms with Gasteiger partial charge in [0.05, 0.1) is 0 Å². The molecule has 0 spiro atoms. The lowest BCUT2D eigenvalue weighted by Gasteiger charge is -2.13. The van der Waals surface area contributed by atoms with Crippen LogP contribution in [0.2, 0.25) is 0 Å². The summed E-state index contributed by atoms with van der Waals surface area (Å²) in [6, 6.07) is 0. The summed E-state index contributed by atoms with van der Waals surface area (Å²) in [4.78, 5) is 0. The molecule has 0 aromatic carbocycles. The van der Waals surface area contributed by atoms with E-state index in [-0.39, 0.29) is 0 Å². The first-order valence-electron chi connectivity index (χ1n) is 4.18. The van der Waals surface area contributed by atoms with Gasteiger partial charge < -0.3 is 10.6 Å². The van der Waals surface area contributed by atoms with Crippen molar-refractivity contribution in [3.63, 3.8) is 0 Å². The maximum Gasteiger partial charge on any atom is 0.00199 e. The van der Waals surface area contributed by atoms with Crippen LogP contribution in [-0.2, 0) is 0 Å². The van der Waals surface area contributed by atoms with Gasteiger partial charge in [-0.2, -0.15) is 0 Å². The van der Waals surface area contributed by atoms with E-state index in [0.717, 1.165) is 6.54 Å². The van der Waals surface area contributed by atoms with Crippen molar-refractivity contribution < 1.29 is 0 Å². The summed E-state index contributed by atoms with van der Waals surface area (Å²) in [6.45, 7) is 5.64. The minimum Gasteiger partial charge on any atom is -0.319 e. The van der Waals surface area contributed by atoms with Crippen LogP contribution in [0.15, 0.2) is 0 Å². The first-order valence-corrected chi connectivity index (χ1v) is 4.18. The maximum atomic E-state index is 3.40. The molecule has 1 saturated carbocycles. The Morgan fingerprint density at radius 2 is 2.00 bits per heavy atom. The standard InChI is InChI=1S/C8H18N2/c1-3-10-7-8(4-5-8)6-9-2/h9-10H,3-7H2,1-2H3. The van der Waals surface area contributed by atoms with E-state index in [0.29, 0.717) is 5.41 Å². The fourth-order valence-electron chi connectivity index (χ4n) is 1.36. The van der Waals surface area contributed by atoms with Crippen molar-refractivity contribution in [2.24, 2.45) is 5.41 Å². The smallest absolute Gasteiger partial charge is 0.00199 e. The molecular weight excluding hydrogens is 124 g/mol. The quantitative estimate of drug-likeness (QED) is 0.587. The van der Waals surface area contributed by atoms with Gasteiger partial charge in [0.2, 0.25) is 0 Å². The van der Waals surface area contributed by atoms with Crippen LogP contribution in [0.25, 0.3) is 0 Å². The highest BCUT2D eigenvalue weighted by molar-refractivity contribution is 4.95. The Morgan fingerprint density at radius 1 is 1.30 bits per heavy atom. The van der Waals surface area contributed by atoms with Crippen LogP contribution in [-0.4, -0.2) is 26.7 Å². The lowest BCUT2D eigenvalue weighted by Crippen LogP contribution is -2.31. The van der Waals surface area contributed by atoms with Gasteiger partial charge in [-0.25, -0.2) is 0 Å². The lowest BCUT2D eigenvalue weighted by atomic mass is 10.1. The number of hydrogen-bond donors (Lipinski definition) is 2. The Hall–Kier alpha value is -0.0800. The summed E-state index contributed by atoms with van der Waals surface area (Å²) >= 11 is 0. The monoisotopic (exact) mass is 142 g/mol. The van der Waals surface area contributed by atoms with Crippen molar-refractivity contribution in [2.45, 2.75) is 19.8 Å². The summed E-state index contributed by atoms with van der Waals surface area (Å²) in [5.74, 6) is 0. The predicted molar refractivity (Wildman–Crippen MR) is 44.1 cm³/mol. The molecule has 0 heterocycles. The molecule has 0 aliphatic heterocycles. The largest absolute Gasteiger partial charge is 0.319 e. The van der Waals surface area contributed by atoms with Gasteiger partial charge in [-0.15, -0.1) is 0 Å². The summed E-state index contributed by atoms with van der Waals surface area (Å²) < 4.78 is 0. The molecule has 0 atom stereocenters. The Labute approximate surface area is 63.4 Å². The summed E-state index contributed by atoms with van der Waals surface area (Å²) in [5, 5.41) is 6.64. The molecule has 10 heavy (non-hydrogen) atoms. The zero-order valence-electron chi connectivity index (χ0n) is 7.04. The number of hydrogen-bond acceptors (Lipinski definition) is 2. The highest BCUT2D eigenvalue weighted by Crippen LogP contribution is 2.44. The molecule has 1 fully saturated rings. The van der Waals surface area contributed by atoms with E-state index in [1.165, 1.54) is 25.9 Å². The molecule has 0 unspecified atom stereocenters. The van der Waals surface area contributed by atoms with Gasteiger partial charge >= 0.3 is 0 Å². The van der Waals surface area contributed by atoms with Gasteiger partial charge in [-0.05, 0) is 31.8 Å². The van der Waals surface area contributed by atoms with E-state index in [9.17, 15) is 0 Å². The Morgan fingerprint density at radius 3 is 2.40 bits per heavy atom. The fraction of sp³-hybridized carbons (Fsp3) is 1.00. The van der Waals surface area contributed by atoms with E-state index in [1.807, 2.05) is 7.05 Å². The third-order valence-corrected chi connectivity index (χ3v) is 2.26. The summed E-state index contributed by atoms with van der Waals surface area (Å²) in [6.07, 6.45) is 2.81. The highest BCUT2D eigenvalue weighted by Gasteiger charge is 2.40. The molecule has 0 amide bonds. The molecule has 1 aliphatic rings. The van der Waals surface area contributed by atoms with E-state index < -0.39 is 0 Å². The molecule has 1 rings (SSSR count). The average Bonchev–Trinajstić information content (AvgIpc) is 2.67. The Balaban J connectivity index is 2.11. The van der Waals surface area contributed by atoms with Crippen LogP contribution in [0.4, 0.5) is 0 Å². The zero-order chi connectivity index (χ0) is 7.45.